The summed E-state index contributed by atoms with van der Waals surface area (Å²) in [5.41, 5.74) is 5.48. The summed E-state index contributed by atoms with van der Waals surface area (Å²) in [6.07, 6.45) is 0. The van der Waals surface area contributed by atoms with Gasteiger partial charge in [-0.1, -0.05) is 60.2 Å². The quantitative estimate of drug-likeness (QED) is 0.710. The van der Waals surface area contributed by atoms with Crippen molar-refractivity contribution in [3.05, 3.63) is 83.9 Å². The van der Waals surface area contributed by atoms with Crippen molar-refractivity contribution in [3.8, 4) is 16.9 Å². The molecule has 0 spiro atoms. The van der Waals surface area contributed by atoms with Crippen LogP contribution in [0.2, 0.25) is 0 Å². The molecular weight excluding hydrogens is 270 g/mol. The van der Waals surface area contributed by atoms with Crippen molar-refractivity contribution in [2.24, 2.45) is 0 Å². The number of anilines is 1. The summed E-state index contributed by atoms with van der Waals surface area (Å²) in [7, 11) is 0. The third kappa shape index (κ3) is 3.29. The summed E-state index contributed by atoms with van der Waals surface area (Å²) in [5, 5.41) is 13.3. The smallest absolute Gasteiger partial charge is 0.120 e. The molecule has 110 valence electrons. The molecule has 0 unspecified atom stereocenters. The zero-order valence-corrected chi connectivity index (χ0v) is 12.6. The monoisotopic (exact) mass is 289 g/mol. The van der Waals surface area contributed by atoms with E-state index in [0.717, 1.165) is 16.8 Å². The Bertz CT molecular complexity index is 766. The van der Waals surface area contributed by atoms with E-state index in [1.54, 1.807) is 6.07 Å². The number of phenolic OH excluding ortho intramolecular Hbond substituents is 1. The molecule has 0 atom stereocenters. The lowest BCUT2D eigenvalue weighted by Gasteiger charge is -2.10. The van der Waals surface area contributed by atoms with E-state index in [9.17, 15) is 5.11 Å². The van der Waals surface area contributed by atoms with Crippen LogP contribution in [0.25, 0.3) is 11.1 Å². The van der Waals surface area contributed by atoms with Crippen LogP contribution in [0.15, 0.2) is 72.8 Å². The average molecular weight is 289 g/mol. The Balaban J connectivity index is 1.77. The molecule has 0 heterocycles. The molecule has 0 amide bonds. The number of hydrogen-bond acceptors (Lipinski definition) is 2. The largest absolute Gasteiger partial charge is 0.508 e. The summed E-state index contributed by atoms with van der Waals surface area (Å²) >= 11 is 0. The maximum absolute atomic E-state index is 9.91. The van der Waals surface area contributed by atoms with Crippen LogP contribution in [0.1, 0.15) is 11.1 Å². The van der Waals surface area contributed by atoms with Gasteiger partial charge in [0.25, 0.3) is 0 Å². The van der Waals surface area contributed by atoms with Crippen molar-refractivity contribution < 1.29 is 5.11 Å². The zero-order chi connectivity index (χ0) is 15.4. The van der Waals surface area contributed by atoms with Gasteiger partial charge in [0.2, 0.25) is 0 Å². The highest BCUT2D eigenvalue weighted by Crippen LogP contribution is 2.24. The molecule has 0 radical (unpaired) electrons. The van der Waals surface area contributed by atoms with Gasteiger partial charge in [0.1, 0.15) is 5.75 Å². The lowest BCUT2D eigenvalue weighted by atomic mass is 10.1. The molecule has 2 N–H and O–H groups in total. The minimum atomic E-state index is 0.331. The summed E-state index contributed by atoms with van der Waals surface area (Å²) in [6, 6.07) is 24.3. The van der Waals surface area contributed by atoms with Gasteiger partial charge in [-0.2, -0.15) is 0 Å². The second-order valence-corrected chi connectivity index (χ2v) is 5.43. The van der Waals surface area contributed by atoms with Gasteiger partial charge in [0.05, 0.1) is 0 Å². The fourth-order valence-electron chi connectivity index (χ4n) is 2.49. The number of hydrogen-bond donors (Lipinski definition) is 2. The molecule has 0 saturated carbocycles. The maximum Gasteiger partial charge on any atom is 0.120 e. The van der Waals surface area contributed by atoms with Gasteiger partial charge in [-0.05, 0) is 36.2 Å². The molecule has 3 rings (SSSR count). The molecule has 0 aliphatic carbocycles. The molecule has 0 fully saturated rings. The Morgan fingerprint density at radius 3 is 2.41 bits per heavy atom. The molecule has 2 heteroatoms. The predicted molar refractivity (Wildman–Crippen MR) is 92.0 cm³/mol. The molecule has 0 aliphatic rings. The maximum atomic E-state index is 9.91. The summed E-state index contributed by atoms with van der Waals surface area (Å²) in [4.78, 5) is 0. The fraction of sp³-hybridized carbons (Fsp3) is 0.100. The number of aromatic hydroxyl groups is 1. The molecule has 0 bridgehead atoms. The molecule has 3 aromatic carbocycles. The van der Waals surface area contributed by atoms with Crippen LogP contribution >= 0.6 is 0 Å². The van der Waals surface area contributed by atoms with Crippen molar-refractivity contribution in [3.63, 3.8) is 0 Å². The second-order valence-electron chi connectivity index (χ2n) is 5.43. The first-order valence-electron chi connectivity index (χ1n) is 7.40. The van der Waals surface area contributed by atoms with Crippen LogP contribution in [-0.2, 0) is 6.54 Å². The van der Waals surface area contributed by atoms with Crippen LogP contribution < -0.4 is 5.32 Å². The standard InChI is InChI=1S/C20H19NO/c1-15-10-11-20(22)18(12-15)14-21-19-9-5-8-17(13-19)16-6-3-2-4-7-16/h2-13,21-22H,14H2,1H3. The summed E-state index contributed by atoms with van der Waals surface area (Å²) < 4.78 is 0. The van der Waals surface area contributed by atoms with Crippen molar-refractivity contribution in [2.45, 2.75) is 13.5 Å². The Hall–Kier alpha value is -2.74. The summed E-state index contributed by atoms with van der Waals surface area (Å²) in [6.45, 7) is 2.63. The highest BCUT2D eigenvalue weighted by atomic mass is 16.3. The fourth-order valence-corrected chi connectivity index (χ4v) is 2.49. The van der Waals surface area contributed by atoms with Gasteiger partial charge in [-0.25, -0.2) is 0 Å². The topological polar surface area (TPSA) is 32.3 Å². The average Bonchev–Trinajstić information content (AvgIpc) is 2.57. The zero-order valence-electron chi connectivity index (χ0n) is 12.6. The van der Waals surface area contributed by atoms with Gasteiger partial charge >= 0.3 is 0 Å². The Kier molecular flexibility index (Phi) is 4.10. The first-order valence-corrected chi connectivity index (χ1v) is 7.40. The Morgan fingerprint density at radius 2 is 1.59 bits per heavy atom. The van der Waals surface area contributed by atoms with E-state index in [-0.39, 0.29) is 0 Å². The third-order valence-corrected chi connectivity index (χ3v) is 3.69. The minimum Gasteiger partial charge on any atom is -0.508 e. The molecule has 0 saturated heterocycles. The van der Waals surface area contributed by atoms with Gasteiger partial charge in [0, 0.05) is 17.8 Å². The first-order chi connectivity index (χ1) is 10.7. The van der Waals surface area contributed by atoms with E-state index in [1.807, 2.05) is 49.4 Å². The lowest BCUT2D eigenvalue weighted by molar-refractivity contribution is 0.469. The van der Waals surface area contributed by atoms with E-state index in [0.29, 0.717) is 12.3 Å². The molecule has 2 nitrogen and oxygen atoms in total. The van der Waals surface area contributed by atoms with Crippen molar-refractivity contribution >= 4 is 5.69 Å². The van der Waals surface area contributed by atoms with Crippen LogP contribution in [0.5, 0.6) is 5.75 Å². The van der Waals surface area contributed by atoms with Crippen molar-refractivity contribution in [1.82, 2.24) is 0 Å². The minimum absolute atomic E-state index is 0.331. The molecule has 0 aromatic heterocycles. The highest BCUT2D eigenvalue weighted by Gasteiger charge is 2.02. The summed E-state index contributed by atoms with van der Waals surface area (Å²) in [5.74, 6) is 0.331. The number of phenols is 1. The van der Waals surface area contributed by atoms with E-state index in [4.69, 9.17) is 0 Å². The first kappa shape index (κ1) is 14.2. The SMILES string of the molecule is Cc1ccc(O)c(CNc2cccc(-c3ccccc3)c2)c1. The number of benzene rings is 3. The van der Waals surface area contributed by atoms with Gasteiger partial charge in [-0.15, -0.1) is 0 Å². The molecule has 3 aromatic rings. The number of rotatable bonds is 4. The van der Waals surface area contributed by atoms with E-state index >= 15 is 0 Å². The van der Waals surface area contributed by atoms with E-state index < -0.39 is 0 Å². The van der Waals surface area contributed by atoms with Crippen LogP contribution in [-0.4, -0.2) is 5.11 Å². The molecule has 0 aliphatic heterocycles. The van der Waals surface area contributed by atoms with Gasteiger partial charge in [0.15, 0.2) is 0 Å². The molecular formula is C20H19NO. The Morgan fingerprint density at radius 1 is 0.818 bits per heavy atom. The predicted octanol–water partition coefficient (Wildman–Crippen LogP) is 4.98. The number of aryl methyl sites for hydroxylation is 1. The van der Waals surface area contributed by atoms with Crippen LogP contribution in [0.3, 0.4) is 0 Å². The number of nitrogens with one attached hydrogen (secondary N) is 1. The lowest BCUT2D eigenvalue weighted by Crippen LogP contribution is -2.00. The van der Waals surface area contributed by atoms with Crippen LogP contribution in [0.4, 0.5) is 5.69 Å². The van der Waals surface area contributed by atoms with E-state index in [2.05, 4.69) is 29.6 Å². The van der Waals surface area contributed by atoms with Crippen molar-refractivity contribution in [1.29, 1.82) is 0 Å². The van der Waals surface area contributed by atoms with Crippen molar-refractivity contribution in [2.75, 3.05) is 5.32 Å². The van der Waals surface area contributed by atoms with Gasteiger partial charge in [-0.3, -0.25) is 0 Å². The highest BCUT2D eigenvalue weighted by molar-refractivity contribution is 5.68. The third-order valence-electron chi connectivity index (χ3n) is 3.69. The second kappa shape index (κ2) is 6.35. The molecule has 22 heavy (non-hydrogen) atoms. The Labute approximate surface area is 131 Å². The normalized spacial score (nSPS) is 10.4. The van der Waals surface area contributed by atoms with Crippen LogP contribution in [0, 0.1) is 6.92 Å². The van der Waals surface area contributed by atoms with Gasteiger partial charge < -0.3 is 10.4 Å². The van der Waals surface area contributed by atoms with E-state index in [1.165, 1.54) is 11.1 Å².